The molecule has 7 heteroatoms. The summed E-state index contributed by atoms with van der Waals surface area (Å²) < 4.78 is 1.75. The Kier molecular flexibility index (Phi) is 7.08. The molecule has 0 bridgehead atoms. The number of anilines is 1. The van der Waals surface area contributed by atoms with Crippen molar-refractivity contribution in [2.75, 3.05) is 11.1 Å². The predicted molar refractivity (Wildman–Crippen MR) is 159 cm³/mol. The van der Waals surface area contributed by atoms with Gasteiger partial charge in [0, 0.05) is 21.7 Å². The molecule has 1 amide bonds. The maximum atomic E-state index is 14.6. The number of thioether (sulfide) groups is 1. The number of benzene rings is 3. The van der Waals surface area contributed by atoms with Crippen LogP contribution in [0.25, 0.3) is 16.9 Å². The van der Waals surface area contributed by atoms with E-state index in [9.17, 15) is 9.59 Å². The molecular formula is C32H30ClN3O2S. The van der Waals surface area contributed by atoms with E-state index < -0.39 is 0 Å². The van der Waals surface area contributed by atoms with Crippen LogP contribution in [0.2, 0.25) is 5.02 Å². The maximum absolute atomic E-state index is 14.6. The lowest BCUT2D eigenvalue weighted by Crippen LogP contribution is -2.43. The molecule has 2 aliphatic rings. The van der Waals surface area contributed by atoms with Crippen molar-refractivity contribution in [1.82, 2.24) is 9.55 Å². The van der Waals surface area contributed by atoms with Gasteiger partial charge in [0.2, 0.25) is 5.91 Å². The van der Waals surface area contributed by atoms with Crippen molar-refractivity contribution in [3.63, 3.8) is 0 Å². The first-order valence-electron chi connectivity index (χ1n) is 13.5. The molecule has 0 atom stereocenters. The Morgan fingerprint density at radius 2 is 1.72 bits per heavy atom. The standard InChI is InChI=1S/C32H30ClN3O2S/c1-21-9-3-6-12-26(21)36-30(38)28-29(25-11-5-4-10-22(25)19-32(28)17-7-2-8-18-32)35-31(36)39-20-27(37)34-24-15-13-23(33)14-16-24/h3-6,9-16H,2,7-8,17-20H2,1H3,(H,34,37). The van der Waals surface area contributed by atoms with Crippen LogP contribution in [0.5, 0.6) is 0 Å². The monoisotopic (exact) mass is 555 g/mol. The van der Waals surface area contributed by atoms with Gasteiger partial charge in [-0.15, -0.1) is 0 Å². The SMILES string of the molecule is Cc1ccccc1-n1c(SCC(=O)Nc2ccc(Cl)cc2)nc2c(c1=O)C1(CCCCC1)Cc1ccccc1-2. The van der Waals surface area contributed by atoms with Crippen molar-refractivity contribution in [2.45, 2.75) is 56.0 Å². The van der Waals surface area contributed by atoms with Gasteiger partial charge in [-0.25, -0.2) is 4.98 Å². The molecular weight excluding hydrogens is 526 g/mol. The van der Waals surface area contributed by atoms with E-state index in [0.29, 0.717) is 15.9 Å². The summed E-state index contributed by atoms with van der Waals surface area (Å²) in [6.07, 6.45) is 6.30. The van der Waals surface area contributed by atoms with Crippen molar-refractivity contribution < 1.29 is 4.79 Å². The molecule has 1 aromatic heterocycles. The van der Waals surface area contributed by atoms with Gasteiger partial charge in [-0.05, 0) is 67.6 Å². The van der Waals surface area contributed by atoms with Crippen LogP contribution in [0, 0.1) is 6.92 Å². The third kappa shape index (κ3) is 4.92. The summed E-state index contributed by atoms with van der Waals surface area (Å²) in [6.45, 7) is 2.01. The van der Waals surface area contributed by atoms with Crippen molar-refractivity contribution in [1.29, 1.82) is 0 Å². The first kappa shape index (κ1) is 25.9. The minimum absolute atomic E-state index is 0.00804. The number of hydrogen-bond donors (Lipinski definition) is 1. The van der Waals surface area contributed by atoms with Gasteiger partial charge in [-0.3, -0.25) is 14.2 Å². The van der Waals surface area contributed by atoms with E-state index in [4.69, 9.17) is 16.6 Å². The highest BCUT2D eigenvalue weighted by atomic mass is 35.5. The van der Waals surface area contributed by atoms with Crippen molar-refractivity contribution >= 4 is 35.0 Å². The number of nitrogens with zero attached hydrogens (tertiary/aromatic N) is 2. The number of fused-ring (bicyclic) bond motifs is 4. The number of carbonyl (C=O) groups excluding carboxylic acids is 1. The number of aryl methyl sites for hydroxylation is 1. The lowest BCUT2D eigenvalue weighted by Gasteiger charge is -2.42. The summed E-state index contributed by atoms with van der Waals surface area (Å²) in [5.74, 6) is -0.0539. The molecule has 0 radical (unpaired) electrons. The van der Waals surface area contributed by atoms with Crippen LogP contribution >= 0.6 is 23.4 Å². The van der Waals surface area contributed by atoms with Crippen LogP contribution in [0.4, 0.5) is 5.69 Å². The maximum Gasteiger partial charge on any atom is 0.263 e. The molecule has 0 aliphatic heterocycles. The number of nitrogens with one attached hydrogen (secondary N) is 1. The van der Waals surface area contributed by atoms with Gasteiger partial charge >= 0.3 is 0 Å². The second kappa shape index (κ2) is 10.7. The van der Waals surface area contributed by atoms with E-state index in [0.717, 1.165) is 60.2 Å². The summed E-state index contributed by atoms with van der Waals surface area (Å²) in [4.78, 5) is 32.8. The summed E-state index contributed by atoms with van der Waals surface area (Å²) in [6, 6.07) is 23.3. The van der Waals surface area contributed by atoms with E-state index in [1.54, 1.807) is 28.8 Å². The number of halogens is 1. The minimum Gasteiger partial charge on any atom is -0.325 e. The number of amides is 1. The third-order valence-corrected chi connectivity index (χ3v) is 9.20. The number of hydrogen-bond acceptors (Lipinski definition) is 4. The Bertz CT molecular complexity index is 1610. The molecule has 4 aromatic rings. The average molecular weight is 556 g/mol. The Labute approximate surface area is 237 Å². The van der Waals surface area contributed by atoms with Crippen LogP contribution in [-0.4, -0.2) is 21.2 Å². The van der Waals surface area contributed by atoms with E-state index in [1.807, 2.05) is 37.3 Å². The van der Waals surface area contributed by atoms with Gasteiger partial charge in [-0.2, -0.15) is 0 Å². The Hall–Kier alpha value is -3.35. The number of rotatable bonds is 5. The van der Waals surface area contributed by atoms with Gasteiger partial charge in [0.15, 0.2) is 5.16 Å². The van der Waals surface area contributed by atoms with Crippen molar-refractivity contribution in [3.05, 3.63) is 105 Å². The Balaban J connectivity index is 1.47. The van der Waals surface area contributed by atoms with Crippen LogP contribution in [0.1, 0.15) is 48.8 Å². The van der Waals surface area contributed by atoms with Gasteiger partial charge in [0.1, 0.15) is 0 Å². The van der Waals surface area contributed by atoms with Gasteiger partial charge in [0.25, 0.3) is 5.56 Å². The van der Waals surface area contributed by atoms with Crippen LogP contribution in [0.3, 0.4) is 0 Å². The zero-order valence-electron chi connectivity index (χ0n) is 21.9. The largest absolute Gasteiger partial charge is 0.325 e. The molecule has 1 N–H and O–H groups in total. The molecule has 5 nitrogen and oxygen atoms in total. The molecule has 1 saturated carbocycles. The van der Waals surface area contributed by atoms with E-state index in [2.05, 4.69) is 23.5 Å². The molecule has 1 fully saturated rings. The van der Waals surface area contributed by atoms with Gasteiger partial charge in [0.05, 0.1) is 22.7 Å². The van der Waals surface area contributed by atoms with E-state index in [1.165, 1.54) is 23.7 Å². The molecule has 3 aromatic carbocycles. The van der Waals surface area contributed by atoms with Crippen molar-refractivity contribution in [2.24, 2.45) is 0 Å². The summed E-state index contributed by atoms with van der Waals surface area (Å²) in [5, 5.41) is 4.06. The van der Waals surface area contributed by atoms with Gasteiger partial charge in [-0.1, -0.05) is 85.1 Å². The topological polar surface area (TPSA) is 64.0 Å². The summed E-state index contributed by atoms with van der Waals surface area (Å²) in [5.41, 5.74) is 6.18. The molecule has 0 saturated heterocycles. The molecule has 1 heterocycles. The first-order valence-corrected chi connectivity index (χ1v) is 14.8. The zero-order valence-corrected chi connectivity index (χ0v) is 23.4. The number of aromatic nitrogens is 2. The molecule has 0 unspecified atom stereocenters. The average Bonchev–Trinajstić information content (AvgIpc) is 2.94. The first-order chi connectivity index (χ1) is 18.9. The van der Waals surface area contributed by atoms with Crippen LogP contribution in [0.15, 0.2) is 82.7 Å². The second-order valence-corrected chi connectivity index (χ2v) is 11.9. The highest BCUT2D eigenvalue weighted by molar-refractivity contribution is 7.99. The quantitative estimate of drug-likeness (QED) is 0.206. The van der Waals surface area contributed by atoms with Gasteiger partial charge < -0.3 is 5.32 Å². The molecule has 2 aliphatic carbocycles. The van der Waals surface area contributed by atoms with Crippen molar-refractivity contribution in [3.8, 4) is 16.9 Å². The summed E-state index contributed by atoms with van der Waals surface area (Å²) in [7, 11) is 0. The molecule has 39 heavy (non-hydrogen) atoms. The fourth-order valence-corrected chi connectivity index (χ4v) is 7.10. The second-order valence-electron chi connectivity index (χ2n) is 10.6. The minimum atomic E-state index is -0.203. The third-order valence-electron chi connectivity index (χ3n) is 8.01. The molecule has 198 valence electrons. The Morgan fingerprint density at radius 3 is 2.49 bits per heavy atom. The highest BCUT2D eigenvalue weighted by Gasteiger charge is 2.43. The van der Waals surface area contributed by atoms with Crippen LogP contribution in [-0.2, 0) is 16.6 Å². The number of para-hydroxylation sites is 1. The highest BCUT2D eigenvalue weighted by Crippen LogP contribution is 2.49. The summed E-state index contributed by atoms with van der Waals surface area (Å²) >= 11 is 7.27. The predicted octanol–water partition coefficient (Wildman–Crippen LogP) is 7.35. The molecule has 6 rings (SSSR count). The Morgan fingerprint density at radius 1 is 1.00 bits per heavy atom. The van der Waals surface area contributed by atoms with E-state index in [-0.39, 0.29) is 22.6 Å². The smallest absolute Gasteiger partial charge is 0.263 e. The zero-order chi connectivity index (χ0) is 27.0. The lowest BCUT2D eigenvalue weighted by molar-refractivity contribution is -0.113. The lowest BCUT2D eigenvalue weighted by atomic mass is 9.62. The fraction of sp³-hybridized carbons (Fsp3) is 0.281. The van der Waals surface area contributed by atoms with E-state index >= 15 is 0 Å². The fourth-order valence-electron chi connectivity index (χ4n) is 6.17. The normalized spacial score (nSPS) is 15.4. The number of carbonyl (C=O) groups is 1. The van der Waals surface area contributed by atoms with Crippen LogP contribution < -0.4 is 10.9 Å². The molecule has 1 spiro atoms.